The Labute approximate surface area is 181 Å². The molecular formula is C23H29N4O2S+. The molecule has 0 bridgehead atoms. The first-order valence-corrected chi connectivity index (χ1v) is 11.2. The fourth-order valence-electron chi connectivity index (χ4n) is 3.92. The zero-order chi connectivity index (χ0) is 21.1. The van der Waals surface area contributed by atoms with Gasteiger partial charge in [-0.25, -0.2) is 4.98 Å². The first-order chi connectivity index (χ1) is 14.6. The van der Waals surface area contributed by atoms with E-state index in [2.05, 4.69) is 24.0 Å². The van der Waals surface area contributed by atoms with E-state index in [0.29, 0.717) is 6.54 Å². The van der Waals surface area contributed by atoms with Gasteiger partial charge < -0.3 is 19.4 Å². The molecule has 1 fully saturated rings. The zero-order valence-electron chi connectivity index (χ0n) is 17.8. The number of amides is 1. The molecule has 1 N–H and O–H groups in total. The summed E-state index contributed by atoms with van der Waals surface area (Å²) in [6, 6.07) is 16.2. The van der Waals surface area contributed by atoms with Crippen molar-refractivity contribution in [2.45, 2.75) is 13.0 Å². The highest BCUT2D eigenvalue weighted by molar-refractivity contribution is 7.18. The van der Waals surface area contributed by atoms with Gasteiger partial charge in [0, 0.05) is 7.05 Å². The molecule has 1 atom stereocenters. The molecule has 158 valence electrons. The summed E-state index contributed by atoms with van der Waals surface area (Å²) in [6.07, 6.45) is 0. The van der Waals surface area contributed by atoms with Gasteiger partial charge in [-0.3, -0.25) is 4.79 Å². The SMILES string of the molecule is COc1ccccc1N1CC[NH+](CC(=O)N(C)[C@@H](C)c2nc3ccccc3s2)CC1. The predicted octanol–water partition coefficient (Wildman–Crippen LogP) is 2.23. The number of quaternary nitrogens is 1. The van der Waals surface area contributed by atoms with E-state index in [0.717, 1.165) is 48.1 Å². The molecule has 30 heavy (non-hydrogen) atoms. The van der Waals surface area contributed by atoms with Crippen LogP contribution in [0.3, 0.4) is 0 Å². The number of nitrogens with zero attached hydrogens (tertiary/aromatic N) is 3. The normalized spacial score (nSPS) is 15.9. The Morgan fingerprint density at radius 3 is 2.63 bits per heavy atom. The number of likely N-dealkylation sites (N-methyl/N-ethyl adjacent to an activating group) is 1. The van der Waals surface area contributed by atoms with Crippen LogP contribution in [-0.4, -0.2) is 62.7 Å². The topological polar surface area (TPSA) is 50.1 Å². The Hall–Kier alpha value is -2.64. The summed E-state index contributed by atoms with van der Waals surface area (Å²) < 4.78 is 6.66. The van der Waals surface area contributed by atoms with E-state index in [9.17, 15) is 4.79 Å². The maximum Gasteiger partial charge on any atom is 0.278 e. The molecule has 0 radical (unpaired) electrons. The summed E-state index contributed by atoms with van der Waals surface area (Å²) in [5.74, 6) is 1.07. The van der Waals surface area contributed by atoms with E-state index in [1.165, 1.54) is 9.60 Å². The fraction of sp³-hybridized carbons (Fsp3) is 0.391. The number of hydrogen-bond donors (Lipinski definition) is 1. The molecule has 0 spiro atoms. The molecule has 1 aliphatic heterocycles. The van der Waals surface area contributed by atoms with Crippen LogP contribution in [0.2, 0.25) is 0 Å². The second-order valence-corrected chi connectivity index (χ2v) is 8.85. The van der Waals surface area contributed by atoms with Crippen LogP contribution in [0.25, 0.3) is 10.2 Å². The minimum atomic E-state index is -0.0239. The van der Waals surface area contributed by atoms with E-state index in [4.69, 9.17) is 9.72 Å². The first kappa shape index (κ1) is 20.6. The van der Waals surface area contributed by atoms with Crippen molar-refractivity contribution < 1.29 is 14.4 Å². The van der Waals surface area contributed by atoms with Crippen molar-refractivity contribution in [2.75, 3.05) is 51.8 Å². The lowest BCUT2D eigenvalue weighted by molar-refractivity contribution is -0.892. The van der Waals surface area contributed by atoms with Crippen LogP contribution in [0, 0.1) is 0 Å². The van der Waals surface area contributed by atoms with Crippen molar-refractivity contribution in [1.29, 1.82) is 0 Å². The highest BCUT2D eigenvalue weighted by Crippen LogP contribution is 2.29. The maximum atomic E-state index is 12.9. The second-order valence-electron chi connectivity index (χ2n) is 7.79. The molecule has 3 aromatic rings. The van der Waals surface area contributed by atoms with Gasteiger partial charge in [-0.1, -0.05) is 24.3 Å². The smallest absolute Gasteiger partial charge is 0.278 e. The standard InChI is InChI=1S/C23H28N4O2S/c1-17(23-24-18-8-4-7-11-21(18)30-23)25(2)22(28)16-26-12-14-27(15-13-26)19-9-5-6-10-20(19)29-3/h4-11,17H,12-16H2,1-3H3/p+1/t17-/m0/s1. The lowest BCUT2D eigenvalue weighted by Gasteiger charge is -2.35. The Balaban J connectivity index is 1.34. The van der Waals surface area contributed by atoms with Crippen molar-refractivity contribution >= 4 is 33.1 Å². The predicted molar refractivity (Wildman–Crippen MR) is 122 cm³/mol. The Bertz CT molecular complexity index is 980. The third-order valence-corrected chi connectivity index (χ3v) is 7.15. The number of anilines is 1. The van der Waals surface area contributed by atoms with Crippen molar-refractivity contribution in [3.63, 3.8) is 0 Å². The van der Waals surface area contributed by atoms with Crippen molar-refractivity contribution in [3.05, 3.63) is 53.5 Å². The molecule has 6 nitrogen and oxygen atoms in total. The lowest BCUT2D eigenvalue weighted by Crippen LogP contribution is -3.15. The molecule has 7 heteroatoms. The Kier molecular flexibility index (Phi) is 6.20. The number of rotatable bonds is 6. The minimum absolute atomic E-state index is 0.0239. The van der Waals surface area contributed by atoms with Gasteiger partial charge in [-0.15, -0.1) is 11.3 Å². The Morgan fingerprint density at radius 1 is 1.20 bits per heavy atom. The number of methoxy groups -OCH3 is 1. The third kappa shape index (κ3) is 4.27. The molecule has 0 saturated carbocycles. The number of ether oxygens (including phenoxy) is 1. The quantitative estimate of drug-likeness (QED) is 0.658. The third-order valence-electron chi connectivity index (χ3n) is 5.94. The van der Waals surface area contributed by atoms with Crippen LogP contribution in [-0.2, 0) is 4.79 Å². The summed E-state index contributed by atoms with van der Waals surface area (Å²) in [6.45, 7) is 6.29. The van der Waals surface area contributed by atoms with Crippen molar-refractivity contribution in [1.82, 2.24) is 9.88 Å². The highest BCUT2D eigenvalue weighted by atomic mass is 32.1. The number of thiazole rings is 1. The number of benzene rings is 2. The van der Waals surface area contributed by atoms with Gasteiger partial charge in [-0.05, 0) is 31.2 Å². The molecular weight excluding hydrogens is 396 g/mol. The summed E-state index contributed by atoms with van der Waals surface area (Å²) in [5, 5.41) is 0.989. The second kappa shape index (κ2) is 9.02. The van der Waals surface area contributed by atoms with Crippen LogP contribution >= 0.6 is 11.3 Å². The maximum absolute atomic E-state index is 12.9. The highest BCUT2D eigenvalue weighted by Gasteiger charge is 2.27. The van der Waals surface area contributed by atoms with E-state index in [1.807, 2.05) is 48.3 Å². The van der Waals surface area contributed by atoms with Crippen LogP contribution in [0.15, 0.2) is 48.5 Å². The molecule has 0 aliphatic carbocycles. The van der Waals surface area contributed by atoms with Crippen molar-refractivity contribution in [2.24, 2.45) is 0 Å². The summed E-state index contributed by atoms with van der Waals surface area (Å²) in [5.41, 5.74) is 2.13. The molecule has 2 aromatic carbocycles. The summed E-state index contributed by atoms with van der Waals surface area (Å²) >= 11 is 1.67. The number of piperazine rings is 1. The summed E-state index contributed by atoms with van der Waals surface area (Å²) in [7, 11) is 3.60. The van der Waals surface area contributed by atoms with Crippen LogP contribution in [0.4, 0.5) is 5.69 Å². The molecule has 1 aliphatic rings. The lowest BCUT2D eigenvalue weighted by atomic mass is 10.2. The van der Waals surface area contributed by atoms with Gasteiger partial charge in [0.1, 0.15) is 10.8 Å². The molecule has 1 aromatic heterocycles. The number of aromatic nitrogens is 1. The van der Waals surface area contributed by atoms with Crippen LogP contribution in [0.5, 0.6) is 5.75 Å². The first-order valence-electron chi connectivity index (χ1n) is 10.4. The van der Waals surface area contributed by atoms with E-state index in [1.54, 1.807) is 18.4 Å². The average molecular weight is 426 g/mol. The largest absolute Gasteiger partial charge is 0.495 e. The number of hydrogen-bond acceptors (Lipinski definition) is 5. The molecule has 1 amide bonds. The molecule has 1 saturated heterocycles. The number of carbonyl (C=O) groups excluding carboxylic acids is 1. The Morgan fingerprint density at radius 2 is 1.90 bits per heavy atom. The van der Waals surface area contributed by atoms with E-state index in [-0.39, 0.29) is 11.9 Å². The van der Waals surface area contributed by atoms with Gasteiger partial charge in [0.2, 0.25) is 0 Å². The van der Waals surface area contributed by atoms with Gasteiger partial charge in [0.15, 0.2) is 6.54 Å². The number of nitrogens with one attached hydrogen (secondary N) is 1. The molecule has 2 heterocycles. The fourth-order valence-corrected chi connectivity index (χ4v) is 4.98. The van der Waals surface area contributed by atoms with Crippen LogP contribution < -0.4 is 14.5 Å². The average Bonchev–Trinajstić information content (AvgIpc) is 3.23. The summed E-state index contributed by atoms with van der Waals surface area (Å²) in [4.78, 5) is 23.2. The number of fused-ring (bicyclic) bond motifs is 1. The molecule has 0 unspecified atom stereocenters. The van der Waals surface area contributed by atoms with E-state index >= 15 is 0 Å². The van der Waals surface area contributed by atoms with Crippen LogP contribution in [0.1, 0.15) is 18.0 Å². The minimum Gasteiger partial charge on any atom is -0.495 e. The van der Waals surface area contributed by atoms with Gasteiger partial charge in [0.05, 0.1) is 55.2 Å². The van der Waals surface area contributed by atoms with E-state index < -0.39 is 0 Å². The van der Waals surface area contributed by atoms with Gasteiger partial charge in [0.25, 0.3) is 5.91 Å². The van der Waals surface area contributed by atoms with Crippen molar-refractivity contribution in [3.8, 4) is 5.75 Å². The number of carbonyl (C=O) groups is 1. The monoisotopic (exact) mass is 425 g/mol. The number of para-hydroxylation sites is 3. The zero-order valence-corrected chi connectivity index (χ0v) is 18.6. The van der Waals surface area contributed by atoms with Gasteiger partial charge in [-0.2, -0.15) is 0 Å². The van der Waals surface area contributed by atoms with Gasteiger partial charge >= 0.3 is 0 Å². The molecule has 4 rings (SSSR count).